The highest BCUT2D eigenvalue weighted by molar-refractivity contribution is 6.38. The minimum absolute atomic E-state index is 0.306. The first-order valence-corrected chi connectivity index (χ1v) is 18.6. The lowest BCUT2D eigenvalue weighted by atomic mass is 9.84. The first-order chi connectivity index (χ1) is 27.1. The van der Waals surface area contributed by atoms with Crippen LogP contribution in [0, 0.1) is 5.92 Å². The molecule has 0 saturated carbocycles. The fourth-order valence-corrected chi connectivity index (χ4v) is 7.39. The predicted molar refractivity (Wildman–Crippen MR) is 189 cm³/mol. The lowest BCUT2D eigenvalue weighted by molar-refractivity contribution is -0.330. The predicted octanol–water partition coefficient (Wildman–Crippen LogP) is -8.54. The maximum Gasteiger partial charge on any atom is 0.390 e. The van der Waals surface area contributed by atoms with Gasteiger partial charge in [0.15, 0.2) is 24.8 Å². The molecule has 0 aromatic rings. The van der Waals surface area contributed by atoms with Gasteiger partial charge in [0.2, 0.25) is 23.6 Å². The Morgan fingerprint density at radius 1 is 0.638 bits per heavy atom. The molecule has 4 amide bonds. The zero-order valence-electron chi connectivity index (χ0n) is 32.6. The second-order valence-electron chi connectivity index (χ2n) is 15.6. The number of hydrogen-bond acceptors (Lipinski definition) is 20. The molecule has 25 heteroatoms. The zero-order valence-corrected chi connectivity index (χ0v) is 32.6. The van der Waals surface area contributed by atoms with Gasteiger partial charge >= 0.3 is 7.55 Å². The van der Waals surface area contributed by atoms with E-state index in [9.17, 15) is 70.2 Å². The molecule has 4 fully saturated rings. The van der Waals surface area contributed by atoms with Gasteiger partial charge in [-0.3, -0.25) is 19.2 Å². The third-order valence-corrected chi connectivity index (χ3v) is 10.4. The molecule has 0 aliphatic carbocycles. The molecule has 19 atom stereocenters. The number of ether oxygens (including phenoxy) is 6. The third-order valence-electron chi connectivity index (χ3n) is 10.4. The topological polar surface area (TPSA) is 374 Å². The number of nitrogens with one attached hydrogen (secondary N) is 4. The summed E-state index contributed by atoms with van der Waals surface area (Å²) < 4.78 is 34.2. The molecule has 0 aromatic carbocycles. The van der Waals surface area contributed by atoms with Crippen LogP contribution in [0.25, 0.3) is 0 Å². The summed E-state index contributed by atoms with van der Waals surface area (Å²) >= 11 is 0. The van der Waals surface area contributed by atoms with E-state index < -0.39 is 159 Å². The molecule has 4 heterocycles. The first kappa shape index (κ1) is 48.0. The van der Waals surface area contributed by atoms with Crippen molar-refractivity contribution in [2.75, 3.05) is 13.2 Å². The van der Waals surface area contributed by atoms with Crippen molar-refractivity contribution in [3.63, 3.8) is 0 Å². The molecule has 4 rings (SSSR count). The molecule has 0 spiro atoms. The minimum atomic E-state index is -2.09. The minimum Gasteiger partial charge on any atom is -0.394 e. The largest absolute Gasteiger partial charge is 0.394 e. The molecule has 4 aliphatic heterocycles. The van der Waals surface area contributed by atoms with Crippen molar-refractivity contribution in [2.45, 2.75) is 163 Å². The van der Waals surface area contributed by atoms with E-state index in [-0.39, 0.29) is 5.92 Å². The number of aliphatic hydroxyl groups is 10. The maximum absolute atomic E-state index is 13.2. The summed E-state index contributed by atoms with van der Waals surface area (Å²) in [6, 6.07) is -2.22. The van der Waals surface area contributed by atoms with E-state index in [4.69, 9.17) is 28.4 Å². The van der Waals surface area contributed by atoms with Crippen LogP contribution in [0.15, 0.2) is 0 Å². The van der Waals surface area contributed by atoms with Crippen LogP contribution in [0.1, 0.15) is 41.5 Å². The quantitative estimate of drug-likeness (QED) is 0.0766. The van der Waals surface area contributed by atoms with Crippen LogP contribution >= 0.6 is 0 Å². The average molecular weight is 840 g/mol. The van der Waals surface area contributed by atoms with E-state index in [0.29, 0.717) is 7.55 Å². The van der Waals surface area contributed by atoms with Crippen LogP contribution in [0.2, 0.25) is 0 Å². The van der Waals surface area contributed by atoms with Gasteiger partial charge < -0.3 is 101 Å². The smallest absolute Gasteiger partial charge is 0.390 e. The van der Waals surface area contributed by atoms with Crippen LogP contribution in [-0.4, -0.2) is 217 Å². The Hall–Kier alpha value is -2.70. The van der Waals surface area contributed by atoms with Crippen LogP contribution < -0.4 is 21.1 Å². The summed E-state index contributed by atoms with van der Waals surface area (Å²) in [4.78, 5) is 50.5. The summed E-state index contributed by atoms with van der Waals surface area (Å²) in [5.41, 5.74) is -1.28. The zero-order chi connectivity index (χ0) is 43.5. The van der Waals surface area contributed by atoms with Gasteiger partial charge in [-0.05, 0) is 19.8 Å². The fourth-order valence-electron chi connectivity index (χ4n) is 7.39. The van der Waals surface area contributed by atoms with Gasteiger partial charge in [0.05, 0.1) is 37.0 Å². The van der Waals surface area contributed by atoms with E-state index in [0.717, 1.165) is 0 Å². The summed E-state index contributed by atoms with van der Waals surface area (Å²) in [5.74, 6) is -3.88. The van der Waals surface area contributed by atoms with Crippen molar-refractivity contribution < 1.29 is 98.7 Å². The Bertz CT molecular complexity index is 1430. The lowest BCUT2D eigenvalue weighted by Gasteiger charge is -2.51. The van der Waals surface area contributed by atoms with Crippen molar-refractivity contribution in [3.8, 4) is 0 Å². The molecule has 58 heavy (non-hydrogen) atoms. The van der Waals surface area contributed by atoms with Crippen molar-refractivity contribution >= 4 is 31.2 Å². The van der Waals surface area contributed by atoms with Gasteiger partial charge in [0.25, 0.3) is 0 Å². The number of amides is 4. The molecule has 24 nitrogen and oxygen atoms in total. The van der Waals surface area contributed by atoms with Gasteiger partial charge in [-0.25, -0.2) is 0 Å². The number of aliphatic hydroxyl groups excluding tert-OH is 10. The molecular weight excluding hydrogens is 783 g/mol. The maximum atomic E-state index is 13.2. The molecule has 0 bridgehead atoms. The van der Waals surface area contributed by atoms with Crippen molar-refractivity contribution in [2.24, 2.45) is 5.92 Å². The number of hydrogen-bond donors (Lipinski definition) is 14. The average Bonchev–Trinajstić information content (AvgIpc) is 3.15. The number of carbonyl (C=O) groups is 4. The Balaban J connectivity index is 1.43. The van der Waals surface area contributed by atoms with Gasteiger partial charge in [0, 0.05) is 13.8 Å². The van der Waals surface area contributed by atoms with E-state index in [2.05, 4.69) is 21.1 Å². The molecule has 19 unspecified atom stereocenters. The second kappa shape index (κ2) is 19.8. The van der Waals surface area contributed by atoms with E-state index >= 15 is 0 Å². The molecule has 14 N–H and O–H groups in total. The lowest BCUT2D eigenvalue weighted by Crippen LogP contribution is -2.71. The standard InChI is InChI=1S/C33H56BN4O20/c1-9(2)23-14(35-10(3)41)24(15(43)12(7-39)53-23)54-31-21(49)17(45)19(47)26(56-31)29(51)37-34-38-30(52)27-20(48)18(46)22(50)32(57-27)55-25-16(44)13(8-40)58-33(5,6)28(25)36-11(4)42/h9,12-28,31-32,39-40,43-50H,7-8H2,1-6H3,(H,35,41)(H,36,42)(H,37,51)(H,38,52). The Morgan fingerprint density at radius 3 is 1.52 bits per heavy atom. The highest BCUT2D eigenvalue weighted by atomic mass is 16.7. The van der Waals surface area contributed by atoms with Gasteiger partial charge in [-0.1, -0.05) is 13.8 Å². The summed E-state index contributed by atoms with van der Waals surface area (Å²) in [5, 5.41) is 115. The second-order valence-corrected chi connectivity index (χ2v) is 15.6. The SMILES string of the molecule is CC(=O)NC1C(C(C)C)OC(CO)C(O)C1OC1OC(C(=O)N[B]NC(=O)C2OC(OC3C(O)C(CO)OC(C)(C)C3NC(C)=O)C(O)C(O)C2O)C(O)C(O)C1O. The summed E-state index contributed by atoms with van der Waals surface area (Å²) in [7, 11) is 0.606. The van der Waals surface area contributed by atoms with E-state index in [1.165, 1.54) is 27.7 Å². The summed E-state index contributed by atoms with van der Waals surface area (Å²) in [6.07, 6.45) is -29.7. The van der Waals surface area contributed by atoms with Crippen molar-refractivity contribution in [1.82, 2.24) is 21.1 Å². The molecule has 4 saturated heterocycles. The van der Waals surface area contributed by atoms with Gasteiger partial charge in [-0.2, -0.15) is 0 Å². The van der Waals surface area contributed by atoms with E-state index in [1.54, 1.807) is 13.8 Å². The van der Waals surface area contributed by atoms with Crippen molar-refractivity contribution in [3.05, 3.63) is 0 Å². The highest BCUT2D eigenvalue weighted by Crippen LogP contribution is 2.35. The Kier molecular flexibility index (Phi) is 16.4. The highest BCUT2D eigenvalue weighted by Gasteiger charge is 2.56. The molecule has 0 aromatic heterocycles. The van der Waals surface area contributed by atoms with Gasteiger partial charge in [0.1, 0.15) is 73.2 Å². The van der Waals surface area contributed by atoms with Crippen molar-refractivity contribution in [1.29, 1.82) is 0 Å². The van der Waals surface area contributed by atoms with Gasteiger partial charge in [-0.15, -0.1) is 0 Å². The molecule has 1 radical (unpaired) electrons. The fraction of sp³-hybridized carbons (Fsp3) is 0.879. The monoisotopic (exact) mass is 839 g/mol. The normalized spacial score (nSPS) is 42.9. The Morgan fingerprint density at radius 2 is 1.09 bits per heavy atom. The molecule has 331 valence electrons. The number of carbonyl (C=O) groups excluding carboxylic acids is 4. The third kappa shape index (κ3) is 10.4. The van der Waals surface area contributed by atoms with Crippen LogP contribution in [-0.2, 0) is 47.6 Å². The molecule has 4 aliphatic rings. The van der Waals surface area contributed by atoms with Crippen LogP contribution in [0.5, 0.6) is 0 Å². The molecular formula is C33H56BN4O20. The van der Waals surface area contributed by atoms with E-state index in [1.807, 2.05) is 0 Å². The Labute approximate surface area is 333 Å². The summed E-state index contributed by atoms with van der Waals surface area (Å²) in [6.45, 7) is 7.54. The number of rotatable bonds is 13. The van der Waals surface area contributed by atoms with Crippen LogP contribution in [0.4, 0.5) is 0 Å². The van der Waals surface area contributed by atoms with Crippen LogP contribution in [0.3, 0.4) is 0 Å². The first-order valence-electron chi connectivity index (χ1n) is 18.6.